The molecule has 0 aromatic heterocycles. The minimum absolute atomic E-state index is 0.0478. The Bertz CT molecular complexity index is 354. The summed E-state index contributed by atoms with van der Waals surface area (Å²) in [6.07, 6.45) is 0. The van der Waals surface area contributed by atoms with E-state index in [-0.39, 0.29) is 24.1 Å². The van der Waals surface area contributed by atoms with Crippen molar-refractivity contribution < 1.29 is 13.2 Å². The van der Waals surface area contributed by atoms with Crippen molar-refractivity contribution in [1.82, 2.24) is 0 Å². The van der Waals surface area contributed by atoms with E-state index in [1.807, 2.05) is 0 Å². The van der Waals surface area contributed by atoms with Gasteiger partial charge in [0.1, 0.15) is 0 Å². The molecule has 0 aliphatic carbocycles. The highest BCUT2D eigenvalue weighted by Gasteiger charge is 2.27. The Morgan fingerprint density at radius 1 is 1.19 bits per heavy atom. The molecular weight excluding hydrogens is 239 g/mol. The Morgan fingerprint density at radius 2 is 1.88 bits per heavy atom. The third kappa shape index (κ3) is 4.52. The van der Waals surface area contributed by atoms with Crippen LogP contribution in [0.3, 0.4) is 0 Å². The van der Waals surface area contributed by atoms with Gasteiger partial charge in [-0.05, 0) is 30.0 Å². The van der Waals surface area contributed by atoms with E-state index in [4.69, 9.17) is 11.5 Å². The van der Waals surface area contributed by atoms with Crippen LogP contribution in [0.4, 0.5) is 30.2 Å². The lowest BCUT2D eigenvalue weighted by atomic mass is 10.2. The molecule has 0 radical (unpaired) electrons. The van der Waals surface area contributed by atoms with E-state index in [0.29, 0.717) is 17.1 Å². The Hall–Kier alpha value is -1.24. The van der Waals surface area contributed by atoms with Crippen LogP contribution in [0, 0.1) is 0 Å². The zero-order valence-electron chi connectivity index (χ0n) is 8.34. The predicted molar refractivity (Wildman–Crippen MR) is 62.3 cm³/mol. The molecule has 1 aromatic carbocycles. The van der Waals surface area contributed by atoms with E-state index in [2.05, 4.69) is 5.32 Å². The molecule has 3 nitrogen and oxygen atoms in total. The van der Waals surface area contributed by atoms with Gasteiger partial charge in [0, 0.05) is 18.0 Å². The molecule has 0 aliphatic heterocycles. The third-order valence-corrected chi connectivity index (χ3v) is 2.52. The largest absolute Gasteiger partial charge is 0.441 e. The molecule has 1 aromatic rings. The van der Waals surface area contributed by atoms with Gasteiger partial charge in [-0.3, -0.25) is 0 Å². The van der Waals surface area contributed by atoms with Crippen LogP contribution in [0.2, 0.25) is 0 Å². The highest BCUT2D eigenvalue weighted by molar-refractivity contribution is 8.00. The summed E-state index contributed by atoms with van der Waals surface area (Å²) < 4.78 is 35.4. The first-order valence-corrected chi connectivity index (χ1v) is 5.46. The lowest BCUT2D eigenvalue weighted by molar-refractivity contribution is -0.0327. The number of rotatable bonds is 4. The summed E-state index contributed by atoms with van der Waals surface area (Å²) in [6, 6.07) is 4.87. The Balaban J connectivity index is 2.35. The van der Waals surface area contributed by atoms with Gasteiger partial charge in [-0.25, -0.2) is 0 Å². The number of alkyl halides is 3. The van der Waals surface area contributed by atoms with Crippen LogP contribution in [0.25, 0.3) is 0 Å². The second-order valence-electron chi connectivity index (χ2n) is 3.06. The molecular formula is C9H12F3N3S. The summed E-state index contributed by atoms with van der Waals surface area (Å²) >= 11 is -0.0583. The summed E-state index contributed by atoms with van der Waals surface area (Å²) in [7, 11) is 0. The number of benzene rings is 1. The zero-order chi connectivity index (χ0) is 12.2. The average Bonchev–Trinajstić information content (AvgIpc) is 2.17. The third-order valence-electron chi connectivity index (χ3n) is 1.78. The SMILES string of the molecule is Nc1ccc(NCCSC(F)(F)F)cc1N. The molecule has 0 saturated carbocycles. The second-order valence-corrected chi connectivity index (χ2v) is 4.22. The van der Waals surface area contributed by atoms with E-state index < -0.39 is 5.51 Å². The molecule has 0 bridgehead atoms. The van der Waals surface area contributed by atoms with Gasteiger partial charge in [-0.2, -0.15) is 13.2 Å². The normalized spacial score (nSPS) is 11.4. The fourth-order valence-corrected chi connectivity index (χ4v) is 1.48. The first-order valence-electron chi connectivity index (χ1n) is 4.48. The van der Waals surface area contributed by atoms with Crippen molar-refractivity contribution in [3.8, 4) is 0 Å². The number of nitrogens with two attached hydrogens (primary N) is 2. The molecule has 0 spiro atoms. The number of anilines is 3. The molecule has 0 atom stereocenters. The van der Waals surface area contributed by atoms with Gasteiger partial charge in [-0.1, -0.05) is 0 Å². The quantitative estimate of drug-likeness (QED) is 0.568. The molecule has 0 aliphatic rings. The minimum Gasteiger partial charge on any atom is -0.397 e. The van der Waals surface area contributed by atoms with Crippen molar-refractivity contribution in [2.75, 3.05) is 29.1 Å². The maximum atomic E-state index is 11.8. The van der Waals surface area contributed by atoms with Crippen LogP contribution in [-0.2, 0) is 0 Å². The van der Waals surface area contributed by atoms with Crippen molar-refractivity contribution in [2.45, 2.75) is 5.51 Å². The van der Waals surface area contributed by atoms with E-state index >= 15 is 0 Å². The van der Waals surface area contributed by atoms with Crippen LogP contribution >= 0.6 is 11.8 Å². The topological polar surface area (TPSA) is 64.1 Å². The van der Waals surface area contributed by atoms with Crippen LogP contribution in [0.5, 0.6) is 0 Å². The van der Waals surface area contributed by atoms with Crippen molar-refractivity contribution in [3.63, 3.8) is 0 Å². The molecule has 0 fully saturated rings. The maximum Gasteiger partial charge on any atom is 0.441 e. The number of hydrogen-bond acceptors (Lipinski definition) is 4. The van der Waals surface area contributed by atoms with Gasteiger partial charge in [-0.15, -0.1) is 0 Å². The van der Waals surface area contributed by atoms with Crippen molar-refractivity contribution >= 4 is 28.8 Å². The molecule has 0 heterocycles. The minimum atomic E-state index is -4.18. The molecule has 1 rings (SSSR count). The van der Waals surface area contributed by atoms with Gasteiger partial charge in [0.25, 0.3) is 0 Å². The fourth-order valence-electron chi connectivity index (χ4n) is 1.05. The highest BCUT2D eigenvalue weighted by Crippen LogP contribution is 2.29. The monoisotopic (exact) mass is 251 g/mol. The fraction of sp³-hybridized carbons (Fsp3) is 0.333. The first kappa shape index (κ1) is 12.8. The maximum absolute atomic E-state index is 11.8. The molecule has 0 unspecified atom stereocenters. The highest BCUT2D eigenvalue weighted by atomic mass is 32.2. The summed E-state index contributed by atoms with van der Waals surface area (Å²) in [5.41, 5.74) is 8.39. The second kappa shape index (κ2) is 5.20. The van der Waals surface area contributed by atoms with Crippen molar-refractivity contribution in [3.05, 3.63) is 18.2 Å². The molecule has 5 N–H and O–H groups in total. The van der Waals surface area contributed by atoms with Crippen molar-refractivity contribution in [1.29, 1.82) is 0 Å². The Labute approximate surface area is 95.4 Å². The molecule has 7 heteroatoms. The van der Waals surface area contributed by atoms with E-state index in [0.717, 1.165) is 0 Å². The van der Waals surface area contributed by atoms with E-state index in [9.17, 15) is 13.2 Å². The average molecular weight is 251 g/mol. The number of hydrogen-bond donors (Lipinski definition) is 3. The Kier molecular flexibility index (Phi) is 4.17. The summed E-state index contributed by atoms with van der Waals surface area (Å²) in [5, 5.41) is 2.83. The van der Waals surface area contributed by atoms with Gasteiger partial charge < -0.3 is 16.8 Å². The van der Waals surface area contributed by atoms with Crippen LogP contribution in [0.15, 0.2) is 18.2 Å². The summed E-state index contributed by atoms with van der Waals surface area (Å²) in [5.74, 6) is -0.0478. The molecule has 0 amide bonds. The first-order chi connectivity index (χ1) is 7.38. The molecule has 16 heavy (non-hydrogen) atoms. The molecule has 0 saturated heterocycles. The summed E-state index contributed by atoms with van der Waals surface area (Å²) in [4.78, 5) is 0. The van der Waals surface area contributed by atoms with Gasteiger partial charge in [0.2, 0.25) is 0 Å². The predicted octanol–water partition coefficient (Wildman–Crippen LogP) is 2.52. The van der Waals surface area contributed by atoms with Gasteiger partial charge in [0.15, 0.2) is 0 Å². The van der Waals surface area contributed by atoms with Crippen LogP contribution in [0.1, 0.15) is 0 Å². The lowest BCUT2D eigenvalue weighted by Gasteiger charge is -2.09. The standard InChI is InChI=1S/C9H12F3N3S/c10-9(11,12)16-4-3-15-6-1-2-7(13)8(14)5-6/h1-2,5,15H,3-4,13-14H2. The van der Waals surface area contributed by atoms with Crippen LogP contribution < -0.4 is 16.8 Å². The lowest BCUT2D eigenvalue weighted by Crippen LogP contribution is -2.09. The van der Waals surface area contributed by atoms with Crippen molar-refractivity contribution in [2.24, 2.45) is 0 Å². The molecule has 90 valence electrons. The smallest absolute Gasteiger partial charge is 0.397 e. The van der Waals surface area contributed by atoms with E-state index in [1.165, 1.54) is 0 Å². The summed E-state index contributed by atoms with van der Waals surface area (Å²) in [6.45, 7) is 0.216. The number of nitrogen functional groups attached to an aromatic ring is 2. The van der Waals surface area contributed by atoms with E-state index in [1.54, 1.807) is 18.2 Å². The number of nitrogens with one attached hydrogen (secondary N) is 1. The Morgan fingerprint density at radius 3 is 2.44 bits per heavy atom. The van der Waals surface area contributed by atoms with Gasteiger partial charge >= 0.3 is 5.51 Å². The number of thioether (sulfide) groups is 1. The number of halogens is 3. The van der Waals surface area contributed by atoms with Crippen LogP contribution in [-0.4, -0.2) is 17.8 Å². The van der Waals surface area contributed by atoms with Gasteiger partial charge in [0.05, 0.1) is 11.4 Å². The zero-order valence-corrected chi connectivity index (χ0v) is 9.16.